The number of hydrogen-bond donors (Lipinski definition) is 2. The van der Waals surface area contributed by atoms with Crippen LogP contribution in [0.15, 0.2) is 30.3 Å². The fourth-order valence-corrected chi connectivity index (χ4v) is 1.71. The predicted octanol–water partition coefficient (Wildman–Crippen LogP) is 1.20. The summed E-state index contributed by atoms with van der Waals surface area (Å²) in [5, 5.41) is 4.98. The van der Waals surface area contributed by atoms with Gasteiger partial charge in [0.05, 0.1) is 12.0 Å². The van der Waals surface area contributed by atoms with Gasteiger partial charge in [-0.2, -0.15) is 0 Å². The van der Waals surface area contributed by atoms with E-state index in [2.05, 4.69) is 10.6 Å². The molecule has 1 aromatic rings. The van der Waals surface area contributed by atoms with E-state index >= 15 is 0 Å². The van der Waals surface area contributed by atoms with Crippen LogP contribution in [0, 0.1) is 5.92 Å². The molecule has 0 bridgehead atoms. The Kier molecular flexibility index (Phi) is 2.41. The highest BCUT2D eigenvalue weighted by molar-refractivity contribution is 5.98. The molecule has 3 amide bonds. The highest BCUT2D eigenvalue weighted by Crippen LogP contribution is 2.23. The van der Waals surface area contributed by atoms with Crippen LogP contribution in [0.3, 0.4) is 0 Å². The van der Waals surface area contributed by atoms with Crippen LogP contribution in [-0.2, 0) is 4.79 Å². The Bertz CT molecular complexity index is 389. The number of urea groups is 1. The van der Waals surface area contributed by atoms with E-state index in [1.165, 1.54) is 0 Å². The van der Waals surface area contributed by atoms with Crippen molar-refractivity contribution in [1.29, 1.82) is 0 Å². The highest BCUT2D eigenvalue weighted by atomic mass is 16.2. The van der Waals surface area contributed by atoms with E-state index in [-0.39, 0.29) is 17.9 Å². The number of nitrogens with one attached hydrogen (secondary N) is 2. The van der Waals surface area contributed by atoms with Crippen molar-refractivity contribution in [3.63, 3.8) is 0 Å². The Morgan fingerprint density at radius 3 is 2.47 bits per heavy atom. The number of imide groups is 1. The molecule has 1 saturated heterocycles. The summed E-state index contributed by atoms with van der Waals surface area (Å²) in [7, 11) is 0. The van der Waals surface area contributed by atoms with Gasteiger partial charge in [0.15, 0.2) is 0 Å². The molecule has 2 unspecified atom stereocenters. The van der Waals surface area contributed by atoms with E-state index in [0.717, 1.165) is 5.56 Å². The number of hydrogen-bond acceptors (Lipinski definition) is 2. The minimum absolute atomic E-state index is 0.229. The summed E-state index contributed by atoms with van der Waals surface area (Å²) >= 11 is 0. The summed E-state index contributed by atoms with van der Waals surface area (Å²) in [6.45, 7) is 1.80. The smallest absolute Gasteiger partial charge is 0.321 e. The molecule has 2 N–H and O–H groups in total. The summed E-state index contributed by atoms with van der Waals surface area (Å²) in [5.74, 6) is -0.474. The maximum Gasteiger partial charge on any atom is 0.321 e. The SMILES string of the molecule is CC1C(=O)NC(=O)NC1c1ccccc1. The van der Waals surface area contributed by atoms with Crippen LogP contribution in [0.2, 0.25) is 0 Å². The molecule has 0 aliphatic carbocycles. The van der Waals surface area contributed by atoms with E-state index in [4.69, 9.17) is 0 Å². The molecular weight excluding hydrogens is 192 g/mol. The number of carbonyl (C=O) groups excluding carboxylic acids is 2. The van der Waals surface area contributed by atoms with Crippen molar-refractivity contribution in [2.45, 2.75) is 13.0 Å². The molecule has 0 radical (unpaired) electrons. The molecule has 78 valence electrons. The van der Waals surface area contributed by atoms with E-state index in [0.29, 0.717) is 0 Å². The lowest BCUT2D eigenvalue weighted by Crippen LogP contribution is -2.52. The molecule has 2 rings (SSSR count). The Morgan fingerprint density at radius 2 is 1.80 bits per heavy atom. The lowest BCUT2D eigenvalue weighted by molar-refractivity contribution is -0.125. The highest BCUT2D eigenvalue weighted by Gasteiger charge is 2.32. The van der Waals surface area contributed by atoms with Gasteiger partial charge in [-0.1, -0.05) is 37.3 Å². The zero-order chi connectivity index (χ0) is 10.8. The first-order chi connectivity index (χ1) is 7.18. The normalized spacial score (nSPS) is 25.7. The monoisotopic (exact) mass is 204 g/mol. The van der Waals surface area contributed by atoms with Crippen molar-refractivity contribution in [3.05, 3.63) is 35.9 Å². The van der Waals surface area contributed by atoms with Crippen molar-refractivity contribution >= 4 is 11.9 Å². The zero-order valence-electron chi connectivity index (χ0n) is 8.36. The maximum atomic E-state index is 11.4. The van der Waals surface area contributed by atoms with Gasteiger partial charge in [-0.05, 0) is 5.56 Å². The standard InChI is InChI=1S/C11H12N2O2/c1-7-9(8-5-3-2-4-6-8)12-11(15)13-10(7)14/h2-7,9H,1H3,(H2,12,13,14,15). The van der Waals surface area contributed by atoms with Crippen molar-refractivity contribution in [2.24, 2.45) is 5.92 Å². The van der Waals surface area contributed by atoms with Crippen molar-refractivity contribution < 1.29 is 9.59 Å². The van der Waals surface area contributed by atoms with E-state index in [9.17, 15) is 9.59 Å². The molecule has 1 aliphatic heterocycles. The predicted molar refractivity (Wildman–Crippen MR) is 55.0 cm³/mol. The molecule has 0 saturated carbocycles. The van der Waals surface area contributed by atoms with Gasteiger partial charge in [0.2, 0.25) is 5.91 Å². The molecule has 1 fully saturated rings. The van der Waals surface area contributed by atoms with Crippen LogP contribution in [0.25, 0.3) is 0 Å². The quantitative estimate of drug-likeness (QED) is 0.722. The molecule has 1 aromatic carbocycles. The average molecular weight is 204 g/mol. The minimum Gasteiger partial charge on any atom is -0.330 e. The lowest BCUT2D eigenvalue weighted by atomic mass is 9.92. The molecule has 4 heteroatoms. The van der Waals surface area contributed by atoms with Crippen LogP contribution in [-0.4, -0.2) is 11.9 Å². The average Bonchev–Trinajstić information content (AvgIpc) is 2.24. The molecular formula is C11H12N2O2. The second-order valence-electron chi connectivity index (χ2n) is 3.64. The van der Waals surface area contributed by atoms with Crippen molar-refractivity contribution in [1.82, 2.24) is 10.6 Å². The summed E-state index contributed by atoms with van der Waals surface area (Å²) < 4.78 is 0. The first-order valence-corrected chi connectivity index (χ1v) is 4.85. The third kappa shape index (κ3) is 1.83. The molecule has 4 nitrogen and oxygen atoms in total. The number of benzene rings is 1. The van der Waals surface area contributed by atoms with Crippen LogP contribution in [0.5, 0.6) is 0 Å². The van der Waals surface area contributed by atoms with Gasteiger partial charge < -0.3 is 5.32 Å². The molecule has 2 atom stereocenters. The fourth-order valence-electron chi connectivity index (χ4n) is 1.71. The Balaban J connectivity index is 2.28. The summed E-state index contributed by atoms with van der Waals surface area (Å²) in [6, 6.07) is 8.83. The van der Waals surface area contributed by atoms with Gasteiger partial charge in [-0.3, -0.25) is 10.1 Å². The second kappa shape index (κ2) is 3.73. The van der Waals surface area contributed by atoms with Gasteiger partial charge in [0.1, 0.15) is 0 Å². The molecule has 1 heterocycles. The van der Waals surface area contributed by atoms with E-state index in [1.807, 2.05) is 30.3 Å². The van der Waals surface area contributed by atoms with Crippen molar-refractivity contribution in [3.8, 4) is 0 Å². The van der Waals surface area contributed by atoms with Crippen LogP contribution < -0.4 is 10.6 Å². The van der Waals surface area contributed by atoms with Crippen LogP contribution in [0.4, 0.5) is 4.79 Å². The largest absolute Gasteiger partial charge is 0.330 e. The molecule has 1 aliphatic rings. The van der Waals surface area contributed by atoms with Gasteiger partial charge >= 0.3 is 6.03 Å². The Hall–Kier alpha value is -1.84. The fraction of sp³-hybridized carbons (Fsp3) is 0.273. The van der Waals surface area contributed by atoms with E-state index in [1.54, 1.807) is 6.92 Å². The topological polar surface area (TPSA) is 58.2 Å². The zero-order valence-corrected chi connectivity index (χ0v) is 8.36. The number of amides is 3. The van der Waals surface area contributed by atoms with E-state index < -0.39 is 6.03 Å². The summed E-state index contributed by atoms with van der Waals surface area (Å²) in [4.78, 5) is 22.6. The van der Waals surface area contributed by atoms with Gasteiger partial charge in [0.25, 0.3) is 0 Å². The first kappa shape index (κ1) is 9.71. The van der Waals surface area contributed by atoms with Gasteiger partial charge in [0, 0.05) is 0 Å². The first-order valence-electron chi connectivity index (χ1n) is 4.85. The second-order valence-corrected chi connectivity index (χ2v) is 3.64. The maximum absolute atomic E-state index is 11.4. The third-order valence-electron chi connectivity index (χ3n) is 2.60. The van der Waals surface area contributed by atoms with Crippen molar-refractivity contribution in [2.75, 3.05) is 0 Å². The van der Waals surface area contributed by atoms with Gasteiger partial charge in [-0.15, -0.1) is 0 Å². The summed E-state index contributed by atoms with van der Waals surface area (Å²) in [5.41, 5.74) is 0.952. The number of carbonyl (C=O) groups is 2. The van der Waals surface area contributed by atoms with Gasteiger partial charge in [-0.25, -0.2) is 4.79 Å². The molecule has 15 heavy (non-hydrogen) atoms. The number of rotatable bonds is 1. The lowest BCUT2D eigenvalue weighted by Gasteiger charge is -2.29. The Morgan fingerprint density at radius 1 is 1.13 bits per heavy atom. The van der Waals surface area contributed by atoms with Crippen LogP contribution >= 0.6 is 0 Å². The Labute approximate surface area is 87.7 Å². The third-order valence-corrected chi connectivity index (χ3v) is 2.60. The van der Waals surface area contributed by atoms with Crippen LogP contribution in [0.1, 0.15) is 18.5 Å². The minimum atomic E-state index is -0.424. The molecule has 0 aromatic heterocycles. The summed E-state index contributed by atoms with van der Waals surface area (Å²) in [6.07, 6.45) is 0. The molecule has 0 spiro atoms.